The van der Waals surface area contributed by atoms with Crippen molar-refractivity contribution in [1.29, 1.82) is 0 Å². The zero-order chi connectivity index (χ0) is 19.8. The third-order valence-electron chi connectivity index (χ3n) is 5.16. The number of carbonyl (C=O) groups excluding carboxylic acids is 2. The molecule has 5 nitrogen and oxygen atoms in total. The smallest absolute Gasteiger partial charge is 0.259 e. The summed E-state index contributed by atoms with van der Waals surface area (Å²) in [6.45, 7) is 1.80. The van der Waals surface area contributed by atoms with Crippen LogP contribution < -0.4 is 10.7 Å². The molecular formula is C23H27N3O2. The lowest BCUT2D eigenvalue weighted by molar-refractivity contribution is -0.129. The zero-order valence-electron chi connectivity index (χ0n) is 16.3. The zero-order valence-corrected chi connectivity index (χ0v) is 16.3. The Morgan fingerprint density at radius 3 is 2.25 bits per heavy atom. The third-order valence-corrected chi connectivity index (χ3v) is 5.16. The van der Waals surface area contributed by atoms with Crippen LogP contribution in [-0.2, 0) is 9.59 Å². The van der Waals surface area contributed by atoms with E-state index in [4.69, 9.17) is 0 Å². The molecule has 2 aromatic rings. The maximum absolute atomic E-state index is 12.1. The lowest BCUT2D eigenvalue weighted by atomic mass is 9.89. The Bertz CT molecular complexity index is 823. The molecule has 5 heteroatoms. The number of hydrogen-bond acceptors (Lipinski definition) is 3. The van der Waals surface area contributed by atoms with Crippen molar-refractivity contribution in [2.75, 3.05) is 6.54 Å². The quantitative estimate of drug-likeness (QED) is 0.592. The Hall–Kier alpha value is -2.95. The van der Waals surface area contributed by atoms with Crippen LogP contribution >= 0.6 is 0 Å². The van der Waals surface area contributed by atoms with Gasteiger partial charge in [-0.05, 0) is 36.5 Å². The maximum atomic E-state index is 12.1. The Balaban J connectivity index is 1.49. The summed E-state index contributed by atoms with van der Waals surface area (Å²) in [5.41, 5.74) is 6.46. The molecule has 0 aliphatic heterocycles. The van der Waals surface area contributed by atoms with E-state index in [0.717, 1.165) is 42.4 Å². The molecule has 1 aliphatic rings. The molecular weight excluding hydrogens is 350 g/mol. The predicted octanol–water partition coefficient (Wildman–Crippen LogP) is 3.89. The first-order valence-corrected chi connectivity index (χ1v) is 9.90. The minimum Gasteiger partial charge on any atom is -0.347 e. The molecule has 1 saturated carbocycles. The number of nitrogens with one attached hydrogen (secondary N) is 2. The molecule has 0 atom stereocenters. The highest BCUT2D eigenvalue weighted by molar-refractivity contribution is 5.99. The molecule has 0 saturated heterocycles. The molecule has 2 amide bonds. The number of rotatable bonds is 6. The first-order valence-electron chi connectivity index (χ1n) is 9.90. The number of nitrogens with zero attached hydrogens (tertiary/aromatic N) is 1. The van der Waals surface area contributed by atoms with Crippen molar-refractivity contribution >= 4 is 17.5 Å². The second-order valence-corrected chi connectivity index (χ2v) is 7.23. The first-order chi connectivity index (χ1) is 13.6. The second-order valence-electron chi connectivity index (χ2n) is 7.23. The van der Waals surface area contributed by atoms with E-state index in [9.17, 15) is 9.59 Å². The summed E-state index contributed by atoms with van der Waals surface area (Å²) >= 11 is 0. The summed E-state index contributed by atoms with van der Waals surface area (Å²) in [6.07, 6.45) is 5.23. The largest absolute Gasteiger partial charge is 0.347 e. The van der Waals surface area contributed by atoms with Crippen molar-refractivity contribution in [3.63, 3.8) is 0 Å². The fourth-order valence-corrected chi connectivity index (χ4v) is 3.46. The van der Waals surface area contributed by atoms with Crippen molar-refractivity contribution in [2.45, 2.75) is 39.0 Å². The average Bonchev–Trinajstić information content (AvgIpc) is 2.77. The van der Waals surface area contributed by atoms with E-state index in [1.807, 2.05) is 49.4 Å². The van der Waals surface area contributed by atoms with Crippen LogP contribution in [0.25, 0.3) is 11.1 Å². The van der Waals surface area contributed by atoms with Gasteiger partial charge in [0.25, 0.3) is 5.91 Å². The summed E-state index contributed by atoms with van der Waals surface area (Å²) in [4.78, 5) is 24.1. The van der Waals surface area contributed by atoms with Gasteiger partial charge in [0, 0.05) is 5.92 Å². The fourth-order valence-electron chi connectivity index (χ4n) is 3.46. The predicted molar refractivity (Wildman–Crippen MR) is 112 cm³/mol. The Labute approximate surface area is 166 Å². The third kappa shape index (κ3) is 5.52. The average molecular weight is 377 g/mol. The lowest BCUT2D eigenvalue weighted by Gasteiger charge is -2.20. The van der Waals surface area contributed by atoms with Gasteiger partial charge in [0.1, 0.15) is 0 Å². The Morgan fingerprint density at radius 2 is 1.57 bits per heavy atom. The minimum atomic E-state index is -0.315. The van der Waals surface area contributed by atoms with Crippen molar-refractivity contribution in [3.05, 3.63) is 60.2 Å². The normalized spacial score (nSPS) is 15.1. The van der Waals surface area contributed by atoms with Crippen LogP contribution in [0.1, 0.15) is 44.6 Å². The topological polar surface area (TPSA) is 70.6 Å². The summed E-state index contributed by atoms with van der Waals surface area (Å²) < 4.78 is 0. The van der Waals surface area contributed by atoms with Gasteiger partial charge >= 0.3 is 0 Å². The molecule has 0 heterocycles. The van der Waals surface area contributed by atoms with Crippen LogP contribution in [0.15, 0.2) is 59.7 Å². The van der Waals surface area contributed by atoms with E-state index >= 15 is 0 Å². The van der Waals surface area contributed by atoms with Crippen molar-refractivity contribution < 1.29 is 9.59 Å². The molecule has 0 radical (unpaired) electrons. The highest BCUT2D eigenvalue weighted by Gasteiger charge is 2.21. The fraction of sp³-hybridized carbons (Fsp3) is 0.348. The van der Waals surface area contributed by atoms with Crippen molar-refractivity contribution in [3.8, 4) is 11.1 Å². The summed E-state index contributed by atoms with van der Waals surface area (Å²) in [5, 5.41) is 6.87. The van der Waals surface area contributed by atoms with Crippen LogP contribution in [-0.4, -0.2) is 24.1 Å². The van der Waals surface area contributed by atoms with Crippen LogP contribution in [0.3, 0.4) is 0 Å². The SMILES string of the molecule is C/C(=N\NC(=O)CNC(=O)C1CCCCC1)c1ccc(-c2ccccc2)cc1. The van der Waals surface area contributed by atoms with Crippen molar-refractivity contribution in [1.82, 2.24) is 10.7 Å². The molecule has 1 fully saturated rings. The highest BCUT2D eigenvalue weighted by atomic mass is 16.2. The number of hydrazone groups is 1. The lowest BCUT2D eigenvalue weighted by Crippen LogP contribution is -2.39. The number of carbonyl (C=O) groups is 2. The first kappa shape index (κ1) is 19.8. The molecule has 1 aliphatic carbocycles. The highest BCUT2D eigenvalue weighted by Crippen LogP contribution is 2.23. The molecule has 3 rings (SSSR count). The van der Waals surface area contributed by atoms with Gasteiger partial charge in [0.2, 0.25) is 5.91 Å². The van der Waals surface area contributed by atoms with Gasteiger partial charge in [0.05, 0.1) is 12.3 Å². The van der Waals surface area contributed by atoms with Crippen LogP contribution in [0.5, 0.6) is 0 Å². The monoisotopic (exact) mass is 377 g/mol. The molecule has 28 heavy (non-hydrogen) atoms. The summed E-state index contributed by atoms with van der Waals surface area (Å²) in [5.74, 6) is -0.286. The maximum Gasteiger partial charge on any atom is 0.259 e. The van der Waals surface area contributed by atoms with E-state index in [1.165, 1.54) is 6.42 Å². The number of hydrogen-bond donors (Lipinski definition) is 2. The van der Waals surface area contributed by atoms with Gasteiger partial charge in [-0.3, -0.25) is 9.59 Å². The molecule has 0 bridgehead atoms. The van der Waals surface area contributed by atoms with Gasteiger partial charge in [-0.1, -0.05) is 73.9 Å². The van der Waals surface area contributed by atoms with Crippen molar-refractivity contribution in [2.24, 2.45) is 11.0 Å². The summed E-state index contributed by atoms with van der Waals surface area (Å²) in [6, 6.07) is 18.2. The second kappa shape index (κ2) is 9.83. The molecule has 0 spiro atoms. The van der Waals surface area contributed by atoms with Crippen LogP contribution in [0.2, 0.25) is 0 Å². The molecule has 0 aromatic heterocycles. The van der Waals surface area contributed by atoms with Gasteiger partial charge in [-0.25, -0.2) is 5.43 Å². The van der Waals surface area contributed by atoms with Gasteiger partial charge in [0.15, 0.2) is 0 Å². The standard InChI is InChI=1S/C23H27N3O2/c1-17(18-12-14-20(15-13-18)19-8-4-2-5-9-19)25-26-22(27)16-24-23(28)21-10-6-3-7-11-21/h2,4-5,8-9,12-15,21H,3,6-7,10-11,16H2,1H3,(H,24,28)(H,26,27)/b25-17+. The van der Waals surface area contributed by atoms with Gasteiger partial charge in [-0.2, -0.15) is 5.10 Å². The Morgan fingerprint density at radius 1 is 0.929 bits per heavy atom. The van der Waals surface area contributed by atoms with E-state index in [-0.39, 0.29) is 24.3 Å². The summed E-state index contributed by atoms with van der Waals surface area (Å²) in [7, 11) is 0. The van der Waals surface area contributed by atoms with Gasteiger partial charge < -0.3 is 5.32 Å². The van der Waals surface area contributed by atoms with E-state index in [0.29, 0.717) is 5.71 Å². The van der Waals surface area contributed by atoms with E-state index in [1.54, 1.807) is 0 Å². The Kier molecular flexibility index (Phi) is 6.95. The van der Waals surface area contributed by atoms with E-state index < -0.39 is 0 Å². The minimum absolute atomic E-state index is 0.0212. The van der Waals surface area contributed by atoms with Gasteiger partial charge in [-0.15, -0.1) is 0 Å². The molecule has 2 N–H and O–H groups in total. The number of benzene rings is 2. The molecule has 146 valence electrons. The molecule has 2 aromatic carbocycles. The van der Waals surface area contributed by atoms with Crippen LogP contribution in [0.4, 0.5) is 0 Å². The number of amides is 2. The van der Waals surface area contributed by atoms with E-state index in [2.05, 4.69) is 28.0 Å². The van der Waals surface area contributed by atoms with Crippen LogP contribution in [0, 0.1) is 5.92 Å². The molecule has 0 unspecified atom stereocenters.